The minimum absolute atomic E-state index is 0.327. The Morgan fingerprint density at radius 1 is 1.20 bits per heavy atom. The molecule has 0 aliphatic carbocycles. The summed E-state index contributed by atoms with van der Waals surface area (Å²) in [6, 6.07) is 8.05. The van der Waals surface area contributed by atoms with E-state index in [2.05, 4.69) is 10.1 Å². The number of nitrogens with zero attached hydrogens (tertiary/aromatic N) is 5. The average Bonchev–Trinajstić information content (AvgIpc) is 3.43. The van der Waals surface area contributed by atoms with Crippen LogP contribution in [0.4, 0.5) is 0 Å². The van der Waals surface area contributed by atoms with E-state index in [1.165, 1.54) is 9.80 Å². The van der Waals surface area contributed by atoms with Gasteiger partial charge < -0.3 is 15.1 Å². The van der Waals surface area contributed by atoms with Gasteiger partial charge in [0.1, 0.15) is 6.33 Å². The zero-order valence-corrected chi connectivity index (χ0v) is 18.0. The van der Waals surface area contributed by atoms with Crippen LogP contribution in [0.25, 0.3) is 17.0 Å². The predicted octanol–water partition coefficient (Wildman–Crippen LogP) is 1.17. The lowest BCUT2D eigenvalue weighted by atomic mass is 9.98. The summed E-state index contributed by atoms with van der Waals surface area (Å²) >= 11 is 1.69. The lowest BCUT2D eigenvalue weighted by Gasteiger charge is -2.36. The molecule has 1 saturated heterocycles. The topological polar surface area (TPSA) is 94.7 Å². The molecule has 1 fully saturated rings. The van der Waals surface area contributed by atoms with Crippen LogP contribution in [0.15, 0.2) is 36.7 Å². The second kappa shape index (κ2) is 8.50. The molecular formula is C21H27N5O3S. The van der Waals surface area contributed by atoms with Crippen LogP contribution < -0.4 is 0 Å². The van der Waals surface area contributed by atoms with Crippen molar-refractivity contribution in [3.63, 3.8) is 0 Å². The number of benzene rings is 1. The molecule has 0 saturated carbocycles. The number of aromatic nitrogens is 3. The van der Waals surface area contributed by atoms with E-state index in [9.17, 15) is 15.0 Å². The van der Waals surface area contributed by atoms with Crippen molar-refractivity contribution in [3.05, 3.63) is 42.2 Å². The number of likely N-dealkylation sites (tertiary alicyclic amines) is 1. The third-order valence-corrected chi connectivity index (χ3v) is 6.87. The highest BCUT2D eigenvalue weighted by atomic mass is 32.2. The van der Waals surface area contributed by atoms with Gasteiger partial charge in [0.2, 0.25) is 0 Å². The first-order chi connectivity index (χ1) is 14.4. The van der Waals surface area contributed by atoms with Crippen LogP contribution in [0.2, 0.25) is 0 Å². The summed E-state index contributed by atoms with van der Waals surface area (Å²) in [6.07, 6.45) is 7.18. The van der Waals surface area contributed by atoms with Crippen molar-refractivity contribution in [1.29, 1.82) is 0 Å². The number of carbonyl (C=O) groups is 1. The van der Waals surface area contributed by atoms with Gasteiger partial charge in [-0.15, -0.1) is 0 Å². The largest absolute Gasteiger partial charge is 0.346 e. The van der Waals surface area contributed by atoms with Crippen LogP contribution in [-0.2, 0) is 11.8 Å². The number of hydrogen-bond acceptors (Lipinski definition) is 7. The van der Waals surface area contributed by atoms with Gasteiger partial charge in [-0.05, 0) is 30.2 Å². The SMILES string of the molecule is CS[C@H]1CCN(C(O)(O)C(=O)N2CC=C(c3ccc(-c4ncn(C)n4)cc3)CC2)C1. The molecule has 0 spiro atoms. The fraction of sp³-hybridized carbons (Fsp3) is 0.476. The average molecular weight is 430 g/mol. The quantitative estimate of drug-likeness (QED) is 0.689. The van der Waals surface area contributed by atoms with Gasteiger partial charge in [-0.25, -0.2) is 9.88 Å². The van der Waals surface area contributed by atoms with Gasteiger partial charge in [0.15, 0.2) is 5.82 Å². The number of aliphatic hydroxyl groups is 2. The Bertz CT molecular complexity index is 940. The number of amides is 1. The van der Waals surface area contributed by atoms with E-state index >= 15 is 0 Å². The van der Waals surface area contributed by atoms with Gasteiger partial charge in [-0.1, -0.05) is 30.3 Å². The van der Waals surface area contributed by atoms with Gasteiger partial charge in [0, 0.05) is 44.0 Å². The molecule has 30 heavy (non-hydrogen) atoms. The Morgan fingerprint density at radius 2 is 1.93 bits per heavy atom. The minimum atomic E-state index is -2.44. The van der Waals surface area contributed by atoms with E-state index in [4.69, 9.17) is 0 Å². The number of rotatable bonds is 5. The number of hydrogen-bond donors (Lipinski definition) is 2. The lowest BCUT2D eigenvalue weighted by Crippen LogP contribution is -2.59. The van der Waals surface area contributed by atoms with E-state index in [1.807, 2.05) is 43.6 Å². The molecule has 0 bridgehead atoms. The molecule has 1 amide bonds. The van der Waals surface area contributed by atoms with Gasteiger partial charge in [0.05, 0.1) is 0 Å². The first-order valence-electron chi connectivity index (χ1n) is 10.1. The predicted molar refractivity (Wildman–Crippen MR) is 116 cm³/mol. The fourth-order valence-electron chi connectivity index (χ4n) is 3.97. The summed E-state index contributed by atoms with van der Waals surface area (Å²) < 4.78 is 1.67. The van der Waals surface area contributed by atoms with Crippen molar-refractivity contribution >= 4 is 23.2 Å². The van der Waals surface area contributed by atoms with Gasteiger partial charge in [0.25, 0.3) is 5.91 Å². The Labute approximate surface area is 180 Å². The van der Waals surface area contributed by atoms with E-state index in [-0.39, 0.29) is 0 Å². The molecule has 3 heterocycles. The van der Waals surface area contributed by atoms with Crippen LogP contribution in [0.5, 0.6) is 0 Å². The first-order valence-corrected chi connectivity index (χ1v) is 11.3. The molecule has 2 aliphatic heterocycles. The smallest absolute Gasteiger partial charge is 0.309 e. The van der Waals surface area contributed by atoms with E-state index < -0.39 is 11.8 Å². The van der Waals surface area contributed by atoms with Crippen molar-refractivity contribution in [2.45, 2.75) is 24.0 Å². The third-order valence-electron chi connectivity index (χ3n) is 5.82. The van der Waals surface area contributed by atoms with Gasteiger partial charge in [-0.3, -0.25) is 9.48 Å². The maximum atomic E-state index is 12.8. The molecule has 1 atom stereocenters. The summed E-state index contributed by atoms with van der Waals surface area (Å²) in [5.41, 5.74) is 3.18. The molecule has 8 nitrogen and oxygen atoms in total. The second-order valence-electron chi connectivity index (χ2n) is 7.78. The van der Waals surface area contributed by atoms with Crippen LogP contribution in [0.1, 0.15) is 18.4 Å². The normalized spacial score (nSPS) is 20.5. The lowest BCUT2D eigenvalue weighted by molar-refractivity contribution is -0.253. The molecule has 2 N–H and O–H groups in total. The number of thioether (sulfide) groups is 1. The van der Waals surface area contributed by atoms with E-state index in [0.717, 1.165) is 23.1 Å². The molecule has 2 aromatic rings. The highest BCUT2D eigenvalue weighted by Crippen LogP contribution is 2.28. The number of aryl methyl sites for hydroxylation is 1. The van der Waals surface area contributed by atoms with E-state index in [0.29, 0.717) is 43.7 Å². The molecule has 4 rings (SSSR count). The van der Waals surface area contributed by atoms with Crippen LogP contribution in [-0.4, -0.2) is 84.3 Å². The molecule has 9 heteroatoms. The summed E-state index contributed by atoms with van der Waals surface area (Å²) in [5, 5.41) is 25.7. The summed E-state index contributed by atoms with van der Waals surface area (Å²) in [4.78, 5) is 20.0. The maximum Gasteiger partial charge on any atom is 0.309 e. The molecule has 0 unspecified atom stereocenters. The summed E-state index contributed by atoms with van der Waals surface area (Å²) in [6.45, 7) is 1.83. The Morgan fingerprint density at radius 3 is 2.50 bits per heavy atom. The minimum Gasteiger partial charge on any atom is -0.346 e. The van der Waals surface area contributed by atoms with Crippen molar-refractivity contribution in [3.8, 4) is 11.4 Å². The monoisotopic (exact) mass is 429 g/mol. The van der Waals surface area contributed by atoms with Crippen molar-refractivity contribution in [2.24, 2.45) is 7.05 Å². The summed E-state index contributed by atoms with van der Waals surface area (Å²) in [7, 11) is 1.84. The molecule has 160 valence electrons. The molecule has 1 aromatic heterocycles. The van der Waals surface area contributed by atoms with Crippen LogP contribution in [0.3, 0.4) is 0 Å². The zero-order valence-electron chi connectivity index (χ0n) is 17.2. The Balaban J connectivity index is 1.40. The van der Waals surface area contributed by atoms with E-state index in [1.54, 1.807) is 22.8 Å². The molecule has 0 radical (unpaired) electrons. The molecule has 1 aromatic carbocycles. The van der Waals surface area contributed by atoms with Gasteiger partial charge in [-0.2, -0.15) is 16.9 Å². The van der Waals surface area contributed by atoms with Crippen molar-refractivity contribution in [1.82, 2.24) is 24.6 Å². The standard InChI is InChI=1S/C21H27N5O3S/c1-24-14-22-19(23-24)17-5-3-15(4-6-17)16-7-10-25(11-8-16)20(27)21(28,29)26-12-9-18(13-26)30-2/h3-7,14,18,28-29H,8-13H2,1-2H3/t18-/m0/s1. The third kappa shape index (κ3) is 4.15. The van der Waals surface area contributed by atoms with Crippen LogP contribution >= 0.6 is 11.8 Å². The highest BCUT2D eigenvalue weighted by molar-refractivity contribution is 7.99. The Kier molecular flexibility index (Phi) is 5.97. The van der Waals surface area contributed by atoms with Crippen molar-refractivity contribution in [2.75, 3.05) is 32.4 Å². The zero-order chi connectivity index (χ0) is 21.3. The second-order valence-corrected chi connectivity index (χ2v) is 8.92. The summed E-state index contributed by atoms with van der Waals surface area (Å²) in [5.74, 6) is -2.39. The highest BCUT2D eigenvalue weighted by Gasteiger charge is 2.46. The van der Waals surface area contributed by atoms with Gasteiger partial charge >= 0.3 is 5.91 Å². The Hall–Kier alpha value is -2.20. The van der Waals surface area contributed by atoms with Crippen molar-refractivity contribution < 1.29 is 15.0 Å². The molecule has 2 aliphatic rings. The fourth-order valence-corrected chi connectivity index (χ4v) is 4.64. The van der Waals surface area contributed by atoms with Crippen LogP contribution in [0, 0.1) is 0 Å². The maximum absolute atomic E-state index is 12.8. The number of carbonyl (C=O) groups excluding carboxylic acids is 1. The molecular weight excluding hydrogens is 402 g/mol. The first kappa shape index (κ1) is 21.0.